The molecule has 0 atom stereocenters. The Kier molecular flexibility index (Phi) is 5.58. The van der Waals surface area contributed by atoms with Crippen LogP contribution in [0.3, 0.4) is 0 Å². The number of methoxy groups -OCH3 is 2. The maximum atomic E-state index is 10.9. The minimum Gasteiger partial charge on any atom is -0.493 e. The fourth-order valence-corrected chi connectivity index (χ4v) is 2.15. The van der Waals surface area contributed by atoms with Crippen LogP contribution in [0.2, 0.25) is 0 Å². The molecule has 0 aliphatic carbocycles. The summed E-state index contributed by atoms with van der Waals surface area (Å²) in [6, 6.07) is 14.4. The zero-order valence-corrected chi connectivity index (χ0v) is 13.7. The highest BCUT2D eigenvalue weighted by atomic mass is 16.5. The molecule has 0 N–H and O–H groups in total. The number of carbonyl (C=O) groups is 1. The van der Waals surface area contributed by atoms with E-state index < -0.39 is 0 Å². The van der Waals surface area contributed by atoms with Crippen molar-refractivity contribution < 1.29 is 19.0 Å². The van der Waals surface area contributed by atoms with Crippen molar-refractivity contribution in [2.24, 2.45) is 0 Å². The molecule has 0 unspecified atom stereocenters. The summed E-state index contributed by atoms with van der Waals surface area (Å²) in [5, 5.41) is 9.44. The van der Waals surface area contributed by atoms with Crippen molar-refractivity contribution in [2.45, 2.75) is 6.92 Å². The molecule has 2 rings (SSSR count). The molecule has 2 aromatic carbocycles. The Morgan fingerprint density at radius 1 is 1.04 bits per heavy atom. The van der Waals surface area contributed by atoms with Gasteiger partial charge in [-0.05, 0) is 47.5 Å². The molecular weight excluding hydrogens is 306 g/mol. The van der Waals surface area contributed by atoms with Gasteiger partial charge in [0.2, 0.25) is 0 Å². The molecule has 0 amide bonds. The first-order chi connectivity index (χ1) is 11.6. The standard InChI is InChI=1S/C19H17NO4/c1-13(21)24-17-7-4-14(5-8-17)10-16(12-20)15-6-9-18(22-2)19(11-15)23-3/h4-11H,1-3H3/b16-10+. The molecule has 122 valence electrons. The van der Waals surface area contributed by atoms with E-state index >= 15 is 0 Å². The summed E-state index contributed by atoms with van der Waals surface area (Å²) in [6.45, 7) is 1.35. The van der Waals surface area contributed by atoms with Crippen LogP contribution < -0.4 is 14.2 Å². The van der Waals surface area contributed by atoms with Gasteiger partial charge in [-0.1, -0.05) is 12.1 Å². The van der Waals surface area contributed by atoms with E-state index in [1.54, 1.807) is 62.8 Å². The van der Waals surface area contributed by atoms with Crippen LogP contribution in [0.25, 0.3) is 11.6 Å². The Labute approximate surface area is 140 Å². The van der Waals surface area contributed by atoms with Crippen LogP contribution in [-0.4, -0.2) is 20.2 Å². The summed E-state index contributed by atoms with van der Waals surface area (Å²) in [6.07, 6.45) is 1.75. The van der Waals surface area contributed by atoms with Crippen molar-refractivity contribution in [3.05, 3.63) is 53.6 Å². The fourth-order valence-electron chi connectivity index (χ4n) is 2.15. The number of carbonyl (C=O) groups excluding carboxylic acids is 1. The predicted octanol–water partition coefficient (Wildman–Crippen LogP) is 3.69. The third-order valence-corrected chi connectivity index (χ3v) is 3.27. The topological polar surface area (TPSA) is 68.5 Å². The summed E-state index contributed by atoms with van der Waals surface area (Å²) in [7, 11) is 3.11. The second-order valence-electron chi connectivity index (χ2n) is 4.90. The molecule has 0 bridgehead atoms. The van der Waals surface area contributed by atoms with Crippen molar-refractivity contribution in [3.8, 4) is 23.3 Å². The van der Waals surface area contributed by atoms with Crippen molar-refractivity contribution in [1.29, 1.82) is 5.26 Å². The van der Waals surface area contributed by atoms with Gasteiger partial charge in [0, 0.05) is 6.92 Å². The number of nitrogens with zero attached hydrogens (tertiary/aromatic N) is 1. The molecule has 0 radical (unpaired) electrons. The third kappa shape index (κ3) is 4.14. The third-order valence-electron chi connectivity index (χ3n) is 3.27. The minimum atomic E-state index is -0.374. The van der Waals surface area contributed by atoms with E-state index in [0.717, 1.165) is 11.1 Å². The zero-order valence-electron chi connectivity index (χ0n) is 13.7. The first-order valence-corrected chi connectivity index (χ1v) is 7.20. The largest absolute Gasteiger partial charge is 0.493 e. The van der Waals surface area contributed by atoms with Gasteiger partial charge in [-0.15, -0.1) is 0 Å². The highest BCUT2D eigenvalue weighted by Gasteiger charge is 2.08. The Morgan fingerprint density at radius 3 is 2.25 bits per heavy atom. The monoisotopic (exact) mass is 323 g/mol. The molecule has 0 saturated heterocycles. The van der Waals surface area contributed by atoms with E-state index in [0.29, 0.717) is 22.8 Å². The number of rotatable bonds is 5. The minimum absolute atomic E-state index is 0.374. The Hall–Kier alpha value is -3.26. The molecule has 0 heterocycles. The van der Waals surface area contributed by atoms with Gasteiger partial charge < -0.3 is 14.2 Å². The number of hydrogen-bond acceptors (Lipinski definition) is 5. The van der Waals surface area contributed by atoms with E-state index in [4.69, 9.17) is 14.2 Å². The lowest BCUT2D eigenvalue weighted by atomic mass is 10.0. The van der Waals surface area contributed by atoms with Crippen LogP contribution in [0.1, 0.15) is 18.1 Å². The lowest BCUT2D eigenvalue weighted by molar-refractivity contribution is -0.131. The average Bonchev–Trinajstić information content (AvgIpc) is 2.60. The Bertz CT molecular complexity index is 801. The van der Waals surface area contributed by atoms with Gasteiger partial charge in [-0.25, -0.2) is 0 Å². The van der Waals surface area contributed by atoms with Crippen molar-refractivity contribution in [3.63, 3.8) is 0 Å². The second-order valence-corrected chi connectivity index (χ2v) is 4.90. The van der Waals surface area contributed by atoms with Gasteiger partial charge in [0.05, 0.1) is 25.9 Å². The molecule has 0 aliphatic heterocycles. The molecule has 0 aliphatic rings. The van der Waals surface area contributed by atoms with Crippen molar-refractivity contribution >= 4 is 17.6 Å². The molecule has 2 aromatic rings. The maximum Gasteiger partial charge on any atom is 0.308 e. The number of nitriles is 1. The SMILES string of the molecule is COc1ccc(/C(C#N)=C/c2ccc(OC(C)=O)cc2)cc1OC. The first kappa shape index (κ1) is 17.1. The molecule has 0 aromatic heterocycles. The quantitative estimate of drug-likeness (QED) is 0.363. The van der Waals surface area contributed by atoms with Gasteiger partial charge in [0.15, 0.2) is 11.5 Å². The molecule has 5 nitrogen and oxygen atoms in total. The summed E-state index contributed by atoms with van der Waals surface area (Å²) < 4.78 is 15.4. The predicted molar refractivity (Wildman–Crippen MR) is 90.8 cm³/mol. The van der Waals surface area contributed by atoms with Gasteiger partial charge in [-0.3, -0.25) is 4.79 Å². The summed E-state index contributed by atoms with van der Waals surface area (Å²) in [5.41, 5.74) is 2.02. The van der Waals surface area contributed by atoms with Crippen molar-refractivity contribution in [1.82, 2.24) is 0 Å². The zero-order chi connectivity index (χ0) is 17.5. The van der Waals surface area contributed by atoms with E-state index in [1.165, 1.54) is 6.92 Å². The van der Waals surface area contributed by atoms with E-state index in [2.05, 4.69) is 6.07 Å². The highest BCUT2D eigenvalue weighted by Crippen LogP contribution is 2.31. The summed E-state index contributed by atoms with van der Waals surface area (Å²) in [4.78, 5) is 10.9. The van der Waals surface area contributed by atoms with E-state index in [1.807, 2.05) is 0 Å². The number of allylic oxidation sites excluding steroid dienone is 1. The lowest BCUT2D eigenvalue weighted by Gasteiger charge is -2.09. The van der Waals surface area contributed by atoms with Gasteiger partial charge in [0.1, 0.15) is 5.75 Å². The smallest absolute Gasteiger partial charge is 0.308 e. The fraction of sp³-hybridized carbons (Fsp3) is 0.158. The van der Waals surface area contributed by atoms with Crippen molar-refractivity contribution in [2.75, 3.05) is 14.2 Å². The molecular formula is C19H17NO4. The van der Waals surface area contributed by atoms with Crippen LogP contribution in [0.15, 0.2) is 42.5 Å². The molecule has 5 heteroatoms. The first-order valence-electron chi connectivity index (χ1n) is 7.20. The van der Waals surface area contributed by atoms with Crippen LogP contribution in [0.4, 0.5) is 0 Å². The second kappa shape index (κ2) is 7.84. The van der Waals surface area contributed by atoms with Crippen LogP contribution in [-0.2, 0) is 4.79 Å². The summed E-state index contributed by atoms with van der Waals surface area (Å²) in [5.74, 6) is 1.25. The highest BCUT2D eigenvalue weighted by molar-refractivity contribution is 5.90. The Balaban J connectivity index is 2.32. The molecule has 24 heavy (non-hydrogen) atoms. The maximum absolute atomic E-state index is 10.9. The van der Waals surface area contributed by atoms with Crippen LogP contribution >= 0.6 is 0 Å². The average molecular weight is 323 g/mol. The molecule has 0 spiro atoms. The van der Waals surface area contributed by atoms with Crippen LogP contribution in [0, 0.1) is 11.3 Å². The Morgan fingerprint density at radius 2 is 1.71 bits per heavy atom. The number of hydrogen-bond donors (Lipinski definition) is 0. The molecule has 0 fully saturated rings. The van der Waals surface area contributed by atoms with Gasteiger partial charge in [-0.2, -0.15) is 5.26 Å². The van der Waals surface area contributed by atoms with E-state index in [9.17, 15) is 10.1 Å². The normalized spacial score (nSPS) is 10.7. The number of benzene rings is 2. The number of ether oxygens (including phenoxy) is 3. The number of esters is 1. The van der Waals surface area contributed by atoms with E-state index in [-0.39, 0.29) is 5.97 Å². The lowest BCUT2D eigenvalue weighted by Crippen LogP contribution is -2.00. The summed E-state index contributed by atoms with van der Waals surface area (Å²) >= 11 is 0. The molecule has 0 saturated carbocycles. The van der Waals surface area contributed by atoms with Gasteiger partial charge >= 0.3 is 5.97 Å². The van der Waals surface area contributed by atoms with Gasteiger partial charge in [0.25, 0.3) is 0 Å². The van der Waals surface area contributed by atoms with Crippen LogP contribution in [0.5, 0.6) is 17.2 Å².